The summed E-state index contributed by atoms with van der Waals surface area (Å²) in [5, 5.41) is 9.87. The minimum Gasteiger partial charge on any atom is -0.494 e. The van der Waals surface area contributed by atoms with Crippen LogP contribution in [0.15, 0.2) is 36.7 Å². The van der Waals surface area contributed by atoms with Crippen LogP contribution in [0.2, 0.25) is 0 Å². The van der Waals surface area contributed by atoms with Crippen molar-refractivity contribution in [2.75, 3.05) is 6.61 Å². The van der Waals surface area contributed by atoms with Gasteiger partial charge >= 0.3 is 0 Å². The molecule has 5 nitrogen and oxygen atoms in total. The Bertz CT molecular complexity index is 629. The summed E-state index contributed by atoms with van der Waals surface area (Å²) in [6.07, 6.45) is 11.0. The van der Waals surface area contributed by atoms with Gasteiger partial charge in [-0.15, -0.1) is 0 Å². The minimum absolute atomic E-state index is 0.481. The van der Waals surface area contributed by atoms with Gasteiger partial charge in [0.1, 0.15) is 5.75 Å². The SMILES string of the molecule is CCCCCCOc1ccc(-c2ncc(OC(O)CCCCC)cn2)cc1. The van der Waals surface area contributed by atoms with Gasteiger partial charge in [0.05, 0.1) is 19.0 Å². The number of ether oxygens (including phenoxy) is 2. The normalized spacial score (nSPS) is 12.0. The van der Waals surface area contributed by atoms with E-state index in [2.05, 4.69) is 23.8 Å². The van der Waals surface area contributed by atoms with Gasteiger partial charge < -0.3 is 14.6 Å². The second-order valence-corrected chi connectivity index (χ2v) is 6.74. The first-order chi connectivity index (χ1) is 13.2. The number of rotatable bonds is 13. The maximum Gasteiger partial charge on any atom is 0.197 e. The summed E-state index contributed by atoms with van der Waals surface area (Å²) in [7, 11) is 0. The molecule has 27 heavy (non-hydrogen) atoms. The topological polar surface area (TPSA) is 64.5 Å². The summed E-state index contributed by atoms with van der Waals surface area (Å²) in [5.74, 6) is 1.97. The fourth-order valence-corrected chi connectivity index (χ4v) is 2.73. The van der Waals surface area contributed by atoms with Crippen LogP contribution in [0.3, 0.4) is 0 Å². The summed E-state index contributed by atoms with van der Waals surface area (Å²) in [6.45, 7) is 5.09. The van der Waals surface area contributed by atoms with Crippen molar-refractivity contribution in [2.24, 2.45) is 0 Å². The predicted molar refractivity (Wildman–Crippen MR) is 108 cm³/mol. The first kappa shape index (κ1) is 21.2. The monoisotopic (exact) mass is 372 g/mol. The second kappa shape index (κ2) is 12.3. The quantitative estimate of drug-likeness (QED) is 0.378. The zero-order valence-corrected chi connectivity index (χ0v) is 16.6. The van der Waals surface area contributed by atoms with Crippen LogP contribution in [-0.4, -0.2) is 28.0 Å². The van der Waals surface area contributed by atoms with Crippen LogP contribution < -0.4 is 9.47 Å². The van der Waals surface area contributed by atoms with E-state index in [-0.39, 0.29) is 0 Å². The van der Waals surface area contributed by atoms with Gasteiger partial charge in [-0.2, -0.15) is 0 Å². The second-order valence-electron chi connectivity index (χ2n) is 6.74. The standard InChI is InChI=1S/C22H32N2O3/c1-3-5-7-9-15-26-19-13-11-18(12-14-19)22-23-16-20(17-24-22)27-21(25)10-8-6-4-2/h11-14,16-17,21,25H,3-10,15H2,1-2H3. The van der Waals surface area contributed by atoms with Crippen molar-refractivity contribution < 1.29 is 14.6 Å². The van der Waals surface area contributed by atoms with Crippen LogP contribution in [-0.2, 0) is 0 Å². The van der Waals surface area contributed by atoms with E-state index in [4.69, 9.17) is 9.47 Å². The third-order valence-electron chi connectivity index (χ3n) is 4.33. The maximum atomic E-state index is 9.87. The van der Waals surface area contributed by atoms with Gasteiger partial charge in [-0.05, 0) is 37.1 Å². The van der Waals surface area contributed by atoms with Gasteiger partial charge in [0, 0.05) is 12.0 Å². The molecular weight excluding hydrogens is 340 g/mol. The lowest BCUT2D eigenvalue weighted by molar-refractivity contribution is -0.0250. The molecule has 1 unspecified atom stereocenters. The number of unbranched alkanes of at least 4 members (excludes halogenated alkanes) is 5. The number of aliphatic hydroxyl groups is 1. The summed E-state index contributed by atoms with van der Waals surface area (Å²) in [6, 6.07) is 7.80. The van der Waals surface area contributed by atoms with E-state index >= 15 is 0 Å². The molecule has 2 rings (SSSR count). The lowest BCUT2D eigenvalue weighted by atomic mass is 10.2. The molecule has 0 aliphatic rings. The highest BCUT2D eigenvalue weighted by molar-refractivity contribution is 5.56. The molecule has 1 atom stereocenters. The molecule has 0 saturated heterocycles. The third-order valence-corrected chi connectivity index (χ3v) is 4.33. The predicted octanol–water partition coefficient (Wildman–Crippen LogP) is 5.38. The first-order valence-electron chi connectivity index (χ1n) is 10.1. The molecule has 5 heteroatoms. The van der Waals surface area contributed by atoms with Gasteiger partial charge in [-0.1, -0.05) is 46.0 Å². The summed E-state index contributed by atoms with van der Waals surface area (Å²) in [5.41, 5.74) is 0.920. The molecule has 0 aliphatic heterocycles. The lowest BCUT2D eigenvalue weighted by Gasteiger charge is -2.12. The molecule has 0 amide bonds. The van der Waals surface area contributed by atoms with Gasteiger partial charge in [0.15, 0.2) is 17.9 Å². The Labute approximate surface area is 162 Å². The van der Waals surface area contributed by atoms with E-state index < -0.39 is 6.29 Å². The molecule has 1 aromatic carbocycles. The van der Waals surface area contributed by atoms with Crippen molar-refractivity contribution in [1.82, 2.24) is 9.97 Å². The van der Waals surface area contributed by atoms with Gasteiger partial charge in [-0.25, -0.2) is 9.97 Å². The van der Waals surface area contributed by atoms with E-state index in [0.29, 0.717) is 18.0 Å². The smallest absolute Gasteiger partial charge is 0.197 e. The molecule has 0 bridgehead atoms. The van der Waals surface area contributed by atoms with Crippen molar-refractivity contribution in [3.05, 3.63) is 36.7 Å². The van der Waals surface area contributed by atoms with Gasteiger partial charge in [0.2, 0.25) is 0 Å². The minimum atomic E-state index is -0.806. The van der Waals surface area contributed by atoms with Crippen molar-refractivity contribution >= 4 is 0 Å². The molecule has 0 radical (unpaired) electrons. The Hall–Kier alpha value is -2.14. The molecule has 1 N–H and O–H groups in total. The van der Waals surface area contributed by atoms with Crippen molar-refractivity contribution in [3.63, 3.8) is 0 Å². The highest BCUT2D eigenvalue weighted by Gasteiger charge is 2.08. The highest BCUT2D eigenvalue weighted by Crippen LogP contribution is 2.21. The largest absolute Gasteiger partial charge is 0.494 e. The number of hydrogen-bond acceptors (Lipinski definition) is 5. The van der Waals surface area contributed by atoms with Gasteiger partial charge in [-0.3, -0.25) is 0 Å². The van der Waals surface area contributed by atoms with Crippen LogP contribution in [0.4, 0.5) is 0 Å². The number of benzene rings is 1. The Balaban J connectivity index is 1.82. The van der Waals surface area contributed by atoms with E-state index in [1.807, 2.05) is 24.3 Å². The molecule has 1 heterocycles. The zero-order valence-electron chi connectivity index (χ0n) is 16.6. The van der Waals surface area contributed by atoms with Crippen LogP contribution in [0.5, 0.6) is 11.5 Å². The van der Waals surface area contributed by atoms with Crippen LogP contribution in [0.1, 0.15) is 65.2 Å². The van der Waals surface area contributed by atoms with Gasteiger partial charge in [0.25, 0.3) is 0 Å². The first-order valence-corrected chi connectivity index (χ1v) is 10.1. The highest BCUT2D eigenvalue weighted by atomic mass is 16.6. The van der Waals surface area contributed by atoms with E-state index in [9.17, 15) is 5.11 Å². The summed E-state index contributed by atoms with van der Waals surface area (Å²) in [4.78, 5) is 8.67. The van der Waals surface area contributed by atoms with Crippen LogP contribution in [0, 0.1) is 0 Å². The molecular formula is C22H32N2O3. The Morgan fingerprint density at radius 1 is 0.852 bits per heavy atom. The van der Waals surface area contributed by atoms with E-state index in [0.717, 1.165) is 43.6 Å². The molecule has 148 valence electrons. The van der Waals surface area contributed by atoms with E-state index in [1.165, 1.54) is 19.3 Å². The Morgan fingerprint density at radius 2 is 1.52 bits per heavy atom. The summed E-state index contributed by atoms with van der Waals surface area (Å²) < 4.78 is 11.2. The zero-order chi connectivity index (χ0) is 19.3. The van der Waals surface area contributed by atoms with Crippen molar-refractivity contribution in [2.45, 2.75) is 71.5 Å². The molecule has 0 saturated carbocycles. The van der Waals surface area contributed by atoms with E-state index in [1.54, 1.807) is 12.4 Å². The molecule has 0 spiro atoms. The number of hydrogen-bond donors (Lipinski definition) is 1. The lowest BCUT2D eigenvalue weighted by Crippen LogP contribution is -2.15. The van der Waals surface area contributed by atoms with Crippen molar-refractivity contribution in [1.29, 1.82) is 0 Å². The summed E-state index contributed by atoms with van der Waals surface area (Å²) >= 11 is 0. The maximum absolute atomic E-state index is 9.87. The Kier molecular flexibility index (Phi) is 9.63. The average Bonchev–Trinajstić information content (AvgIpc) is 2.69. The Morgan fingerprint density at radius 3 is 2.19 bits per heavy atom. The number of aliphatic hydroxyl groups excluding tert-OH is 1. The number of aromatic nitrogens is 2. The number of nitrogens with zero attached hydrogens (tertiary/aromatic N) is 2. The third kappa shape index (κ3) is 7.95. The van der Waals surface area contributed by atoms with Crippen LogP contribution in [0.25, 0.3) is 11.4 Å². The molecule has 0 aliphatic carbocycles. The molecule has 2 aromatic rings. The molecule has 1 aromatic heterocycles. The van der Waals surface area contributed by atoms with Crippen molar-refractivity contribution in [3.8, 4) is 22.9 Å². The van der Waals surface area contributed by atoms with Crippen LogP contribution >= 0.6 is 0 Å². The average molecular weight is 373 g/mol. The molecule has 0 fully saturated rings. The fraction of sp³-hybridized carbons (Fsp3) is 0.545. The fourth-order valence-electron chi connectivity index (χ4n) is 2.73.